The molecule has 0 spiro atoms. The van der Waals surface area contributed by atoms with Gasteiger partial charge in [0.15, 0.2) is 0 Å². The molecular weight excluding hydrogens is 402 g/mol. The van der Waals surface area contributed by atoms with E-state index in [2.05, 4.69) is 10.3 Å². The summed E-state index contributed by atoms with van der Waals surface area (Å²) in [5.41, 5.74) is 1.47. The maximum absolute atomic E-state index is 12.5. The van der Waals surface area contributed by atoms with Gasteiger partial charge in [0.05, 0.1) is 15.9 Å². The largest absolute Gasteiger partial charge is 0.341 e. The summed E-state index contributed by atoms with van der Waals surface area (Å²) in [6, 6.07) is 5.21. The minimum absolute atomic E-state index is 0. The Kier molecular flexibility index (Phi) is 7.08. The molecule has 0 aliphatic carbocycles. The van der Waals surface area contributed by atoms with Crippen molar-refractivity contribution in [3.8, 4) is 0 Å². The average Bonchev–Trinajstić information content (AvgIpc) is 3.27. The van der Waals surface area contributed by atoms with Gasteiger partial charge in [-0.25, -0.2) is 17.7 Å². The van der Waals surface area contributed by atoms with E-state index in [9.17, 15) is 13.2 Å². The molecule has 1 saturated heterocycles. The van der Waals surface area contributed by atoms with Crippen LogP contribution < -0.4 is 5.32 Å². The van der Waals surface area contributed by atoms with Crippen molar-refractivity contribution < 1.29 is 13.2 Å². The lowest BCUT2D eigenvalue weighted by Gasteiger charge is -2.23. The normalized spacial score (nSPS) is 17.1. The molecule has 2 heterocycles. The zero-order valence-corrected chi connectivity index (χ0v) is 18.3. The Hall–Kier alpha value is -1.68. The van der Waals surface area contributed by atoms with Crippen molar-refractivity contribution in [2.24, 2.45) is 7.05 Å². The van der Waals surface area contributed by atoms with Gasteiger partial charge in [-0.3, -0.25) is 4.79 Å². The first-order valence-electron chi connectivity index (χ1n) is 9.06. The topological polar surface area (TPSA) is 87.5 Å². The summed E-state index contributed by atoms with van der Waals surface area (Å²) in [6.45, 7) is 1.79. The van der Waals surface area contributed by atoms with E-state index >= 15 is 0 Å². The molecule has 0 radical (unpaired) electrons. The van der Waals surface area contributed by atoms with Crippen molar-refractivity contribution in [2.45, 2.75) is 30.2 Å². The molecule has 1 fully saturated rings. The van der Waals surface area contributed by atoms with Crippen LogP contribution in [0, 0.1) is 0 Å². The van der Waals surface area contributed by atoms with Gasteiger partial charge in [0.2, 0.25) is 15.9 Å². The van der Waals surface area contributed by atoms with Crippen LogP contribution in [0.25, 0.3) is 11.0 Å². The molecule has 3 rings (SSSR count). The van der Waals surface area contributed by atoms with Crippen molar-refractivity contribution in [2.75, 3.05) is 34.2 Å². The summed E-state index contributed by atoms with van der Waals surface area (Å²) in [4.78, 5) is 19.1. The Morgan fingerprint density at radius 3 is 2.64 bits per heavy atom. The van der Waals surface area contributed by atoms with Crippen molar-refractivity contribution >= 4 is 39.4 Å². The molecule has 1 amide bonds. The molecule has 2 aromatic rings. The van der Waals surface area contributed by atoms with Gasteiger partial charge in [-0.15, -0.1) is 12.4 Å². The van der Waals surface area contributed by atoms with Crippen LogP contribution in [0.1, 0.15) is 18.7 Å². The molecule has 0 bridgehead atoms. The van der Waals surface area contributed by atoms with E-state index in [0.29, 0.717) is 18.4 Å². The van der Waals surface area contributed by atoms with Crippen LogP contribution in [-0.4, -0.2) is 73.4 Å². The Labute approximate surface area is 172 Å². The van der Waals surface area contributed by atoms with Gasteiger partial charge in [-0.2, -0.15) is 0 Å². The Morgan fingerprint density at radius 1 is 1.32 bits per heavy atom. The maximum Gasteiger partial charge on any atom is 0.242 e. The van der Waals surface area contributed by atoms with Gasteiger partial charge < -0.3 is 14.8 Å². The number of carbonyl (C=O) groups is 1. The second-order valence-corrected chi connectivity index (χ2v) is 9.33. The van der Waals surface area contributed by atoms with Crippen molar-refractivity contribution in [1.82, 2.24) is 24.1 Å². The van der Waals surface area contributed by atoms with E-state index in [1.165, 1.54) is 18.4 Å². The van der Waals surface area contributed by atoms with Crippen LogP contribution in [-0.2, 0) is 28.3 Å². The van der Waals surface area contributed by atoms with Crippen molar-refractivity contribution in [3.63, 3.8) is 0 Å². The zero-order valence-electron chi connectivity index (χ0n) is 16.7. The zero-order chi connectivity index (χ0) is 19.8. The number of hydrogen-bond donors (Lipinski definition) is 1. The molecule has 1 aromatic carbocycles. The molecule has 0 saturated carbocycles. The summed E-state index contributed by atoms with van der Waals surface area (Å²) < 4.78 is 27.7. The lowest BCUT2D eigenvalue weighted by molar-refractivity contribution is -0.131. The standard InChI is InChI=1S/C18H27N5O3S.ClH/c1-21(2)27(25,26)14-5-6-16-15(11-14)20-17(23(16)4)7-8-18(24)22(3)13-9-10-19-12-13;/h5-6,11,13,19H,7-10,12H2,1-4H3;1H. The fourth-order valence-electron chi connectivity index (χ4n) is 3.39. The van der Waals surface area contributed by atoms with E-state index in [1.807, 2.05) is 23.6 Å². The first kappa shape index (κ1) is 22.6. The molecule has 8 nitrogen and oxygen atoms in total. The Bertz CT molecular complexity index is 952. The lowest BCUT2D eigenvalue weighted by Crippen LogP contribution is -2.38. The molecule has 1 unspecified atom stereocenters. The predicted octanol–water partition coefficient (Wildman–Crippen LogP) is 0.998. The first-order valence-corrected chi connectivity index (χ1v) is 10.5. The highest BCUT2D eigenvalue weighted by Crippen LogP contribution is 2.22. The van der Waals surface area contributed by atoms with Crippen molar-refractivity contribution in [3.05, 3.63) is 24.0 Å². The second-order valence-electron chi connectivity index (χ2n) is 7.18. The lowest BCUT2D eigenvalue weighted by atomic mass is 10.2. The molecule has 1 N–H and O–H groups in total. The van der Waals surface area contributed by atoms with Gasteiger partial charge in [-0.05, 0) is 31.2 Å². The number of halogens is 1. The van der Waals surface area contributed by atoms with Crippen LogP contribution in [0.2, 0.25) is 0 Å². The van der Waals surface area contributed by atoms with Crippen LogP contribution in [0.3, 0.4) is 0 Å². The molecule has 1 aliphatic rings. The van der Waals surface area contributed by atoms with Gasteiger partial charge in [0.25, 0.3) is 0 Å². The number of imidazole rings is 1. The molecule has 1 atom stereocenters. The summed E-state index contributed by atoms with van der Waals surface area (Å²) in [5, 5.41) is 3.27. The number of rotatable bonds is 6. The summed E-state index contributed by atoms with van der Waals surface area (Å²) in [6.07, 6.45) is 1.88. The highest BCUT2D eigenvalue weighted by Gasteiger charge is 2.23. The van der Waals surface area contributed by atoms with Crippen LogP contribution in [0.15, 0.2) is 23.1 Å². The fraction of sp³-hybridized carbons (Fsp3) is 0.556. The summed E-state index contributed by atoms with van der Waals surface area (Å²) in [7, 11) is 3.25. The highest BCUT2D eigenvalue weighted by atomic mass is 35.5. The van der Waals surface area contributed by atoms with E-state index in [0.717, 1.165) is 30.9 Å². The number of aromatic nitrogens is 2. The Morgan fingerprint density at radius 2 is 2.04 bits per heavy atom. The molecule has 10 heteroatoms. The van der Waals surface area contributed by atoms with Crippen LogP contribution in [0.4, 0.5) is 0 Å². The van der Waals surface area contributed by atoms with Gasteiger partial charge in [0.1, 0.15) is 5.82 Å². The van der Waals surface area contributed by atoms with E-state index < -0.39 is 10.0 Å². The summed E-state index contributed by atoms with van der Waals surface area (Å²) >= 11 is 0. The van der Waals surface area contributed by atoms with E-state index in [1.54, 1.807) is 18.2 Å². The second kappa shape index (κ2) is 8.77. The number of sulfonamides is 1. The molecule has 156 valence electrons. The smallest absolute Gasteiger partial charge is 0.242 e. The fourth-order valence-corrected chi connectivity index (χ4v) is 4.32. The number of hydrogen-bond acceptors (Lipinski definition) is 5. The first-order chi connectivity index (χ1) is 12.7. The Balaban J connectivity index is 0.00000280. The average molecular weight is 430 g/mol. The number of amides is 1. The quantitative estimate of drug-likeness (QED) is 0.740. The third kappa shape index (κ3) is 4.32. The van der Waals surface area contributed by atoms with Crippen LogP contribution >= 0.6 is 12.4 Å². The monoisotopic (exact) mass is 429 g/mol. The minimum atomic E-state index is -3.50. The number of nitrogens with zero attached hydrogens (tertiary/aromatic N) is 4. The predicted molar refractivity (Wildman–Crippen MR) is 111 cm³/mol. The number of nitrogens with one attached hydrogen (secondary N) is 1. The van der Waals surface area contributed by atoms with Gasteiger partial charge in [0, 0.05) is 53.6 Å². The molecular formula is C18H28ClN5O3S. The maximum atomic E-state index is 12.5. The van der Waals surface area contributed by atoms with Gasteiger partial charge in [-0.1, -0.05) is 0 Å². The SMILES string of the molecule is CN(C(=O)CCc1nc2cc(S(=O)(=O)N(C)C)ccc2n1C)C1CCNC1.Cl. The summed E-state index contributed by atoms with van der Waals surface area (Å²) in [5.74, 6) is 0.877. The molecule has 1 aliphatic heterocycles. The third-order valence-electron chi connectivity index (χ3n) is 5.26. The number of benzene rings is 1. The molecule has 1 aromatic heterocycles. The van der Waals surface area contributed by atoms with E-state index in [-0.39, 0.29) is 29.3 Å². The highest BCUT2D eigenvalue weighted by molar-refractivity contribution is 7.89. The van der Waals surface area contributed by atoms with E-state index in [4.69, 9.17) is 0 Å². The molecule has 28 heavy (non-hydrogen) atoms. The number of carbonyl (C=O) groups excluding carboxylic acids is 1. The van der Waals surface area contributed by atoms with Crippen molar-refractivity contribution in [1.29, 1.82) is 0 Å². The number of likely N-dealkylation sites (N-methyl/N-ethyl adjacent to an activating group) is 1. The number of fused-ring (bicyclic) bond motifs is 1. The number of aryl methyl sites for hydroxylation is 2. The minimum Gasteiger partial charge on any atom is -0.341 e. The van der Waals surface area contributed by atoms with Gasteiger partial charge >= 0.3 is 0 Å². The third-order valence-corrected chi connectivity index (χ3v) is 7.07. The van der Waals surface area contributed by atoms with Crippen LogP contribution in [0.5, 0.6) is 0 Å².